The number of rotatable bonds is 4. The van der Waals surface area contributed by atoms with Gasteiger partial charge in [0, 0.05) is 49.4 Å². The van der Waals surface area contributed by atoms with Gasteiger partial charge in [-0.1, -0.05) is 62.7 Å². The highest BCUT2D eigenvalue weighted by Gasteiger charge is 2.26. The summed E-state index contributed by atoms with van der Waals surface area (Å²) in [5.41, 5.74) is 2.71. The van der Waals surface area contributed by atoms with Crippen LogP contribution in [0.1, 0.15) is 45.0 Å². The van der Waals surface area contributed by atoms with Crippen molar-refractivity contribution in [2.45, 2.75) is 40.0 Å². The van der Waals surface area contributed by atoms with Crippen LogP contribution in [0.4, 0.5) is 5.95 Å². The van der Waals surface area contributed by atoms with E-state index in [0.717, 1.165) is 47.8 Å². The lowest BCUT2D eigenvalue weighted by atomic mass is 9.91. The summed E-state index contributed by atoms with van der Waals surface area (Å²) < 4.78 is 2.08. The summed E-state index contributed by atoms with van der Waals surface area (Å²) in [7, 11) is 0. The molecule has 8 heteroatoms. The van der Waals surface area contributed by atoms with Crippen LogP contribution in [0, 0.1) is 5.41 Å². The molecule has 0 saturated carbocycles. The molecule has 1 fully saturated rings. The van der Waals surface area contributed by atoms with Crippen molar-refractivity contribution >= 4 is 40.0 Å². The molecule has 5 rings (SSSR count). The van der Waals surface area contributed by atoms with Gasteiger partial charge in [-0.25, -0.2) is 9.38 Å². The molecule has 35 heavy (non-hydrogen) atoms. The zero-order chi connectivity index (χ0) is 24.6. The van der Waals surface area contributed by atoms with E-state index in [1.54, 1.807) is 0 Å². The largest absolute Gasteiger partial charge is 0.341 e. The van der Waals surface area contributed by atoms with Gasteiger partial charge in [-0.2, -0.15) is 0 Å². The number of fused-ring (bicyclic) bond motifs is 3. The van der Waals surface area contributed by atoms with E-state index in [1.807, 2.05) is 41.3 Å². The Morgan fingerprint density at radius 3 is 2.57 bits per heavy atom. The minimum Gasteiger partial charge on any atom is -0.341 e. The number of carbonyl (C=O) groups excluding carboxylic acids is 1. The number of nitrogens with zero attached hydrogens (tertiary/aromatic N) is 6. The summed E-state index contributed by atoms with van der Waals surface area (Å²) in [4.78, 5) is 22.2. The molecule has 0 atom stereocenters. The summed E-state index contributed by atoms with van der Waals surface area (Å²) in [6.07, 6.45) is 2.08. The predicted molar refractivity (Wildman–Crippen MR) is 140 cm³/mol. The molecule has 0 N–H and O–H groups in total. The van der Waals surface area contributed by atoms with Gasteiger partial charge in [0.15, 0.2) is 5.65 Å². The van der Waals surface area contributed by atoms with E-state index in [0.29, 0.717) is 31.0 Å². The molecule has 1 aliphatic heterocycles. The second-order valence-electron chi connectivity index (χ2n) is 10.5. The van der Waals surface area contributed by atoms with Crippen molar-refractivity contribution in [1.29, 1.82) is 0 Å². The van der Waals surface area contributed by atoms with E-state index in [1.165, 1.54) is 5.56 Å². The lowest BCUT2D eigenvalue weighted by molar-refractivity contribution is -0.132. The molecule has 1 saturated heterocycles. The van der Waals surface area contributed by atoms with E-state index < -0.39 is 0 Å². The van der Waals surface area contributed by atoms with E-state index >= 15 is 0 Å². The SMILES string of the molecule is CC(C)(C)CC(=O)N1CCCN(c2nc3cc(Cl)ccc3c3nnc(Cc4ccccc4)n23)CC1. The molecule has 0 unspecified atom stereocenters. The van der Waals surface area contributed by atoms with Crippen molar-refractivity contribution < 1.29 is 4.79 Å². The fourth-order valence-electron chi connectivity index (χ4n) is 4.68. The Balaban J connectivity index is 1.53. The van der Waals surface area contributed by atoms with Gasteiger partial charge in [0.05, 0.1) is 5.52 Å². The first-order valence-electron chi connectivity index (χ1n) is 12.2. The number of halogens is 1. The van der Waals surface area contributed by atoms with Gasteiger partial charge in [0.1, 0.15) is 5.82 Å². The number of carbonyl (C=O) groups is 1. The highest BCUT2D eigenvalue weighted by atomic mass is 35.5. The van der Waals surface area contributed by atoms with Crippen LogP contribution in [0.15, 0.2) is 48.5 Å². The summed E-state index contributed by atoms with van der Waals surface area (Å²) in [5.74, 6) is 1.86. The Morgan fingerprint density at radius 2 is 1.80 bits per heavy atom. The number of amides is 1. The quantitative estimate of drug-likeness (QED) is 0.403. The molecule has 7 nitrogen and oxygen atoms in total. The standard InChI is InChI=1S/C27H31ClN6O/c1-27(2,3)18-24(35)32-12-7-13-33(15-14-32)26-29-22-17-20(28)10-11-21(22)25-31-30-23(34(25)26)16-19-8-5-4-6-9-19/h4-6,8-11,17H,7,12-16,18H2,1-3H3. The number of hydrogen-bond acceptors (Lipinski definition) is 5. The van der Waals surface area contributed by atoms with E-state index in [2.05, 4.69) is 52.4 Å². The third-order valence-corrected chi connectivity index (χ3v) is 6.60. The molecule has 1 aliphatic rings. The Hall–Kier alpha value is -3.19. The maximum Gasteiger partial charge on any atom is 0.223 e. The van der Waals surface area contributed by atoms with Gasteiger partial charge in [0.25, 0.3) is 0 Å². The third kappa shape index (κ3) is 5.10. The van der Waals surface area contributed by atoms with E-state index in [9.17, 15) is 4.79 Å². The van der Waals surface area contributed by atoms with E-state index in [-0.39, 0.29) is 11.3 Å². The molecule has 4 aromatic rings. The normalized spacial score (nSPS) is 15.1. The Labute approximate surface area is 210 Å². The third-order valence-electron chi connectivity index (χ3n) is 6.37. The smallest absolute Gasteiger partial charge is 0.223 e. The average molecular weight is 491 g/mol. The van der Waals surface area contributed by atoms with Gasteiger partial charge in [-0.05, 0) is 35.6 Å². The van der Waals surface area contributed by atoms with Gasteiger partial charge in [0.2, 0.25) is 11.9 Å². The number of anilines is 1. The van der Waals surface area contributed by atoms with Crippen molar-refractivity contribution in [3.63, 3.8) is 0 Å². The molecular weight excluding hydrogens is 460 g/mol. The minimum atomic E-state index is -0.0246. The van der Waals surface area contributed by atoms with Crippen LogP contribution in [0.2, 0.25) is 5.02 Å². The van der Waals surface area contributed by atoms with E-state index in [4.69, 9.17) is 16.6 Å². The van der Waals surface area contributed by atoms with Gasteiger partial charge >= 0.3 is 0 Å². The molecule has 0 spiro atoms. The molecule has 3 heterocycles. The van der Waals surface area contributed by atoms with Gasteiger partial charge in [-0.3, -0.25) is 4.79 Å². The van der Waals surface area contributed by atoms with Gasteiger partial charge < -0.3 is 9.80 Å². The van der Waals surface area contributed by atoms with Crippen molar-refractivity contribution in [1.82, 2.24) is 24.5 Å². The monoisotopic (exact) mass is 490 g/mol. The van der Waals surface area contributed by atoms with Crippen LogP contribution in [0.3, 0.4) is 0 Å². The highest BCUT2D eigenvalue weighted by Crippen LogP contribution is 2.28. The molecule has 1 amide bonds. The van der Waals surface area contributed by atoms with Crippen LogP contribution in [0.5, 0.6) is 0 Å². The molecule has 0 bridgehead atoms. The van der Waals surface area contributed by atoms with Crippen molar-refractivity contribution in [3.8, 4) is 0 Å². The lowest BCUT2D eigenvalue weighted by Gasteiger charge is -2.26. The summed E-state index contributed by atoms with van der Waals surface area (Å²) in [6.45, 7) is 9.25. The fourth-order valence-corrected chi connectivity index (χ4v) is 4.85. The molecule has 0 aliphatic carbocycles. The van der Waals surface area contributed by atoms with Crippen LogP contribution < -0.4 is 4.90 Å². The zero-order valence-corrected chi connectivity index (χ0v) is 21.3. The minimum absolute atomic E-state index is 0.0246. The molecule has 182 valence electrons. The Bertz CT molecular complexity index is 1360. The Morgan fingerprint density at radius 1 is 1.00 bits per heavy atom. The van der Waals surface area contributed by atoms with Crippen LogP contribution >= 0.6 is 11.6 Å². The summed E-state index contributed by atoms with van der Waals surface area (Å²) in [5, 5.41) is 10.7. The molecule has 2 aromatic carbocycles. The van der Waals surface area contributed by atoms with Crippen molar-refractivity contribution in [2.75, 3.05) is 31.1 Å². The molecule has 2 aromatic heterocycles. The second-order valence-corrected chi connectivity index (χ2v) is 10.9. The lowest BCUT2D eigenvalue weighted by Crippen LogP contribution is -2.37. The predicted octanol–water partition coefficient (Wildman–Crippen LogP) is 5.00. The number of benzene rings is 2. The molecular formula is C27H31ClN6O. The van der Waals surface area contributed by atoms with Crippen LogP contribution in [0.25, 0.3) is 16.6 Å². The topological polar surface area (TPSA) is 66.6 Å². The van der Waals surface area contributed by atoms with Crippen LogP contribution in [-0.2, 0) is 11.2 Å². The van der Waals surface area contributed by atoms with Crippen LogP contribution in [-0.4, -0.2) is 56.6 Å². The number of hydrogen-bond donors (Lipinski definition) is 0. The second kappa shape index (κ2) is 9.46. The fraction of sp³-hybridized carbons (Fsp3) is 0.407. The van der Waals surface area contributed by atoms with Crippen molar-refractivity contribution in [3.05, 3.63) is 64.9 Å². The maximum atomic E-state index is 12.9. The first-order chi connectivity index (χ1) is 16.8. The van der Waals surface area contributed by atoms with Gasteiger partial charge in [-0.15, -0.1) is 10.2 Å². The highest BCUT2D eigenvalue weighted by molar-refractivity contribution is 6.31. The van der Waals surface area contributed by atoms with Crippen molar-refractivity contribution in [2.24, 2.45) is 5.41 Å². The number of aromatic nitrogens is 4. The zero-order valence-electron chi connectivity index (χ0n) is 20.5. The molecule has 0 radical (unpaired) electrons. The maximum absolute atomic E-state index is 12.9. The average Bonchev–Trinajstić information content (AvgIpc) is 3.06. The summed E-state index contributed by atoms with van der Waals surface area (Å²) in [6, 6.07) is 16.0. The summed E-state index contributed by atoms with van der Waals surface area (Å²) >= 11 is 6.31. The Kier molecular flexibility index (Phi) is 6.36. The first kappa shape index (κ1) is 23.5. The first-order valence-corrected chi connectivity index (χ1v) is 12.6.